The third-order valence-corrected chi connectivity index (χ3v) is 3.04. The molecule has 7 nitrogen and oxygen atoms in total. The summed E-state index contributed by atoms with van der Waals surface area (Å²) in [6, 6.07) is 1.44. The maximum atomic E-state index is 11.4. The van der Waals surface area contributed by atoms with Crippen LogP contribution in [-0.2, 0) is 11.3 Å². The van der Waals surface area contributed by atoms with E-state index in [0.717, 1.165) is 17.0 Å². The van der Waals surface area contributed by atoms with E-state index in [2.05, 4.69) is 15.4 Å². The van der Waals surface area contributed by atoms with Crippen molar-refractivity contribution in [3.05, 3.63) is 33.4 Å². The van der Waals surface area contributed by atoms with E-state index in [-0.39, 0.29) is 11.5 Å². The van der Waals surface area contributed by atoms with E-state index in [9.17, 15) is 9.59 Å². The summed E-state index contributed by atoms with van der Waals surface area (Å²) in [5.41, 5.74) is 8.25. The first kappa shape index (κ1) is 13.3. The van der Waals surface area contributed by atoms with E-state index in [1.54, 1.807) is 4.52 Å². The molecule has 2 rings (SSSR count). The Bertz CT molecular complexity index is 671. The van der Waals surface area contributed by atoms with E-state index >= 15 is 0 Å². The second kappa shape index (κ2) is 5.23. The highest BCUT2D eigenvalue weighted by atomic mass is 16.1. The van der Waals surface area contributed by atoms with E-state index in [1.165, 1.54) is 6.07 Å². The highest BCUT2D eigenvalue weighted by Gasteiger charge is 2.11. The molecule has 0 atom stereocenters. The van der Waals surface area contributed by atoms with Crippen LogP contribution >= 0.6 is 0 Å². The maximum absolute atomic E-state index is 11.4. The molecular formula is C12H17N5O2. The molecule has 0 aliphatic rings. The first-order chi connectivity index (χ1) is 9.02. The molecule has 2 aromatic rings. The quantitative estimate of drug-likeness (QED) is 0.698. The third-order valence-electron chi connectivity index (χ3n) is 3.04. The third kappa shape index (κ3) is 2.65. The Kier molecular flexibility index (Phi) is 3.66. The molecule has 0 aliphatic heterocycles. The summed E-state index contributed by atoms with van der Waals surface area (Å²) < 4.78 is 1.62. The van der Waals surface area contributed by atoms with Crippen LogP contribution < -0.4 is 16.6 Å². The molecule has 0 bridgehead atoms. The van der Waals surface area contributed by atoms with Gasteiger partial charge in [0.05, 0.1) is 0 Å². The van der Waals surface area contributed by atoms with Crippen LogP contribution in [0.5, 0.6) is 0 Å². The van der Waals surface area contributed by atoms with Gasteiger partial charge in [-0.2, -0.15) is 0 Å². The first-order valence-electron chi connectivity index (χ1n) is 6.07. The van der Waals surface area contributed by atoms with Crippen LogP contribution in [0, 0.1) is 13.8 Å². The molecule has 0 fully saturated rings. The molecule has 2 heterocycles. The summed E-state index contributed by atoms with van der Waals surface area (Å²) in [6.07, 6.45) is 0.300. The fourth-order valence-corrected chi connectivity index (χ4v) is 2.02. The van der Waals surface area contributed by atoms with Gasteiger partial charge >= 0.3 is 0 Å². The molecule has 0 aromatic carbocycles. The number of rotatable bonds is 4. The average molecular weight is 263 g/mol. The van der Waals surface area contributed by atoms with Gasteiger partial charge in [-0.05, 0) is 13.8 Å². The monoisotopic (exact) mass is 263 g/mol. The number of hydrogen-bond acceptors (Lipinski definition) is 4. The van der Waals surface area contributed by atoms with Crippen molar-refractivity contribution in [3.8, 4) is 0 Å². The summed E-state index contributed by atoms with van der Waals surface area (Å²) >= 11 is 0. The number of H-pyrrole nitrogens is 1. The summed E-state index contributed by atoms with van der Waals surface area (Å²) in [4.78, 5) is 27.1. The molecule has 2 aromatic heterocycles. The number of aryl methyl sites for hydroxylation is 2. The van der Waals surface area contributed by atoms with Gasteiger partial charge in [0.2, 0.25) is 5.91 Å². The molecule has 7 heteroatoms. The van der Waals surface area contributed by atoms with E-state index in [0.29, 0.717) is 25.2 Å². The molecule has 0 saturated carbocycles. The molecule has 0 spiro atoms. The van der Waals surface area contributed by atoms with Crippen molar-refractivity contribution >= 4 is 11.6 Å². The van der Waals surface area contributed by atoms with Crippen LogP contribution in [0.4, 0.5) is 0 Å². The smallest absolute Gasteiger partial charge is 0.266 e. The summed E-state index contributed by atoms with van der Waals surface area (Å²) in [5, 5.41) is 5.46. The number of amides is 1. The van der Waals surface area contributed by atoms with Gasteiger partial charge in [-0.15, -0.1) is 0 Å². The molecule has 19 heavy (non-hydrogen) atoms. The van der Waals surface area contributed by atoms with E-state index in [4.69, 9.17) is 5.73 Å². The van der Waals surface area contributed by atoms with Gasteiger partial charge in [-0.3, -0.25) is 14.7 Å². The molecule has 1 amide bonds. The number of nitrogens with two attached hydrogens (primary N) is 1. The molecule has 0 radical (unpaired) electrons. The maximum Gasteiger partial charge on any atom is 0.266 e. The lowest BCUT2D eigenvalue weighted by Crippen LogP contribution is -2.26. The number of nitrogens with one attached hydrogen (secondary N) is 2. The zero-order chi connectivity index (χ0) is 14.0. The molecule has 0 unspecified atom stereocenters. The normalized spacial score (nSPS) is 10.9. The van der Waals surface area contributed by atoms with Crippen LogP contribution in [-0.4, -0.2) is 27.0 Å². The second-order valence-electron chi connectivity index (χ2n) is 4.39. The van der Waals surface area contributed by atoms with Gasteiger partial charge in [-0.1, -0.05) is 0 Å². The van der Waals surface area contributed by atoms with Crippen molar-refractivity contribution < 1.29 is 4.79 Å². The van der Waals surface area contributed by atoms with Crippen molar-refractivity contribution in [1.29, 1.82) is 0 Å². The van der Waals surface area contributed by atoms with Crippen molar-refractivity contribution in [2.75, 3.05) is 6.54 Å². The number of aromatic amines is 1. The number of aromatic nitrogens is 3. The number of fused-ring (bicyclic) bond motifs is 1. The predicted octanol–water partition coefficient (Wildman–Crippen LogP) is -0.396. The number of carbonyl (C=O) groups excluding carboxylic acids is 1. The first-order valence-corrected chi connectivity index (χ1v) is 6.07. The van der Waals surface area contributed by atoms with Crippen LogP contribution in [0.3, 0.4) is 0 Å². The van der Waals surface area contributed by atoms with Gasteiger partial charge < -0.3 is 11.1 Å². The second-order valence-corrected chi connectivity index (χ2v) is 4.39. The lowest BCUT2D eigenvalue weighted by Gasteiger charge is -2.12. The van der Waals surface area contributed by atoms with Crippen LogP contribution in [0.15, 0.2) is 10.9 Å². The zero-order valence-corrected chi connectivity index (χ0v) is 11.0. The topological polar surface area (TPSA) is 105 Å². The van der Waals surface area contributed by atoms with Crippen molar-refractivity contribution in [2.45, 2.75) is 26.8 Å². The van der Waals surface area contributed by atoms with Gasteiger partial charge in [0.1, 0.15) is 0 Å². The average Bonchev–Trinajstić information content (AvgIpc) is 2.70. The highest BCUT2D eigenvalue weighted by molar-refractivity contribution is 5.76. The van der Waals surface area contributed by atoms with Crippen molar-refractivity contribution in [2.24, 2.45) is 5.73 Å². The predicted molar refractivity (Wildman–Crippen MR) is 70.8 cm³/mol. The lowest BCUT2D eigenvalue weighted by atomic mass is 10.1. The highest BCUT2D eigenvalue weighted by Crippen LogP contribution is 2.12. The Morgan fingerprint density at radius 2 is 2.26 bits per heavy atom. The van der Waals surface area contributed by atoms with Gasteiger partial charge in [-0.25, -0.2) is 9.50 Å². The van der Waals surface area contributed by atoms with Gasteiger partial charge in [0.25, 0.3) is 5.56 Å². The summed E-state index contributed by atoms with van der Waals surface area (Å²) in [5.74, 6) is -0.0950. The Hall–Kier alpha value is -2.15. The van der Waals surface area contributed by atoms with Gasteiger partial charge in [0.15, 0.2) is 5.65 Å². The number of hydrogen-bond donors (Lipinski definition) is 3. The molecular weight excluding hydrogens is 246 g/mol. The van der Waals surface area contributed by atoms with Crippen LogP contribution in [0.25, 0.3) is 5.65 Å². The summed E-state index contributed by atoms with van der Waals surface area (Å²) in [7, 11) is 0. The standard InChI is InChI=1S/C12H17N5O2/c1-7-9(6-14-11(18)3-4-13)8(2)17-10(15-7)5-12(19)16-17/h5H,3-4,6,13H2,1-2H3,(H,14,18)(H,16,19). The minimum absolute atomic E-state index is 0.0950. The van der Waals surface area contributed by atoms with Crippen LogP contribution in [0.1, 0.15) is 23.4 Å². The molecule has 0 saturated heterocycles. The summed E-state index contributed by atoms with van der Waals surface area (Å²) in [6.45, 7) is 4.43. The SMILES string of the molecule is Cc1nc2cc(=O)[nH]n2c(C)c1CNC(=O)CCN. The Morgan fingerprint density at radius 1 is 1.53 bits per heavy atom. The van der Waals surface area contributed by atoms with Crippen molar-refractivity contribution in [1.82, 2.24) is 19.9 Å². The fourth-order valence-electron chi connectivity index (χ4n) is 2.02. The Morgan fingerprint density at radius 3 is 2.95 bits per heavy atom. The largest absolute Gasteiger partial charge is 0.352 e. The van der Waals surface area contributed by atoms with E-state index < -0.39 is 0 Å². The zero-order valence-electron chi connectivity index (χ0n) is 11.0. The minimum Gasteiger partial charge on any atom is -0.352 e. The van der Waals surface area contributed by atoms with Crippen molar-refractivity contribution in [3.63, 3.8) is 0 Å². The molecule has 0 aliphatic carbocycles. The van der Waals surface area contributed by atoms with Crippen LogP contribution in [0.2, 0.25) is 0 Å². The number of nitrogens with zero attached hydrogens (tertiary/aromatic N) is 2. The molecule has 4 N–H and O–H groups in total. The number of carbonyl (C=O) groups is 1. The fraction of sp³-hybridized carbons (Fsp3) is 0.417. The molecule has 102 valence electrons. The van der Waals surface area contributed by atoms with E-state index in [1.807, 2.05) is 13.8 Å². The van der Waals surface area contributed by atoms with Gasteiger partial charge in [0, 0.05) is 42.5 Å². The Balaban J connectivity index is 2.32. The minimum atomic E-state index is -0.195. The lowest BCUT2D eigenvalue weighted by molar-refractivity contribution is -0.121. The Labute approximate surface area is 109 Å².